The van der Waals surface area contributed by atoms with Crippen LogP contribution in [0.1, 0.15) is 0 Å². The average molecular weight is 253 g/mol. The molecule has 0 bridgehead atoms. The molecule has 1 amide bonds. The Hall–Kier alpha value is -2.22. The van der Waals surface area contributed by atoms with Crippen molar-refractivity contribution in [2.75, 3.05) is 25.1 Å². The van der Waals surface area contributed by atoms with Gasteiger partial charge in [-0.15, -0.1) is 5.10 Å². The molecule has 0 aromatic carbocycles. The third kappa shape index (κ3) is 3.14. The van der Waals surface area contributed by atoms with Crippen LogP contribution in [0.3, 0.4) is 0 Å². The topological polar surface area (TPSA) is 94.5 Å². The molecule has 0 aliphatic heterocycles. The van der Waals surface area contributed by atoms with Gasteiger partial charge in [-0.25, -0.2) is 8.91 Å². The van der Waals surface area contributed by atoms with E-state index in [1.54, 1.807) is 0 Å². The second-order valence-corrected chi connectivity index (χ2v) is 3.53. The number of anilines is 1. The smallest absolute Gasteiger partial charge is 0.243 e. The molecule has 0 saturated carbocycles. The van der Waals surface area contributed by atoms with Crippen LogP contribution in [0.2, 0.25) is 0 Å². The summed E-state index contributed by atoms with van der Waals surface area (Å²) in [5.74, 6) is -0.539. The first-order valence-corrected chi connectivity index (χ1v) is 5.27. The normalized spacial score (nSPS) is 10.7. The number of fused-ring (bicyclic) bond motifs is 1. The van der Waals surface area contributed by atoms with Crippen molar-refractivity contribution in [1.82, 2.24) is 14.6 Å². The predicted molar refractivity (Wildman–Crippen MR) is 61.4 cm³/mol. The SMILES string of the molecule is NC(=O)COCCNc1nc2ccc(F)cn2n1. The molecule has 0 aliphatic rings. The molecular weight excluding hydrogens is 241 g/mol. The third-order valence-corrected chi connectivity index (χ3v) is 2.07. The van der Waals surface area contributed by atoms with E-state index in [2.05, 4.69) is 15.4 Å². The van der Waals surface area contributed by atoms with Gasteiger partial charge >= 0.3 is 0 Å². The summed E-state index contributed by atoms with van der Waals surface area (Å²) in [7, 11) is 0. The Bertz CT molecular complexity index is 556. The molecule has 0 aliphatic carbocycles. The third-order valence-electron chi connectivity index (χ3n) is 2.07. The average Bonchev–Trinajstić information content (AvgIpc) is 2.70. The van der Waals surface area contributed by atoms with Gasteiger partial charge in [0.25, 0.3) is 0 Å². The Labute approximate surface area is 102 Å². The molecule has 0 fully saturated rings. The van der Waals surface area contributed by atoms with Gasteiger partial charge in [-0.1, -0.05) is 0 Å². The number of carbonyl (C=O) groups excluding carboxylic acids is 1. The highest BCUT2D eigenvalue weighted by molar-refractivity contribution is 5.74. The highest BCUT2D eigenvalue weighted by atomic mass is 19.1. The molecule has 0 atom stereocenters. The minimum atomic E-state index is -0.517. The van der Waals surface area contributed by atoms with Crippen LogP contribution in [-0.2, 0) is 9.53 Å². The van der Waals surface area contributed by atoms with Gasteiger partial charge in [0.2, 0.25) is 11.9 Å². The van der Waals surface area contributed by atoms with Crippen molar-refractivity contribution >= 4 is 17.5 Å². The fraction of sp³-hybridized carbons (Fsp3) is 0.300. The molecule has 7 nitrogen and oxygen atoms in total. The van der Waals surface area contributed by atoms with Crippen molar-refractivity contribution in [2.24, 2.45) is 5.73 Å². The van der Waals surface area contributed by atoms with Crippen molar-refractivity contribution < 1.29 is 13.9 Å². The number of carbonyl (C=O) groups is 1. The number of nitrogens with two attached hydrogens (primary N) is 1. The van der Waals surface area contributed by atoms with Gasteiger partial charge in [0, 0.05) is 6.54 Å². The number of hydrogen-bond acceptors (Lipinski definition) is 5. The van der Waals surface area contributed by atoms with Gasteiger partial charge in [0.15, 0.2) is 5.65 Å². The van der Waals surface area contributed by atoms with Crippen molar-refractivity contribution in [3.63, 3.8) is 0 Å². The second-order valence-electron chi connectivity index (χ2n) is 3.53. The lowest BCUT2D eigenvalue weighted by Crippen LogP contribution is -2.20. The lowest BCUT2D eigenvalue weighted by atomic mass is 10.5. The summed E-state index contributed by atoms with van der Waals surface area (Å²) in [5.41, 5.74) is 5.44. The number of amides is 1. The van der Waals surface area contributed by atoms with E-state index in [4.69, 9.17) is 10.5 Å². The highest BCUT2D eigenvalue weighted by Gasteiger charge is 2.03. The molecule has 96 valence electrons. The number of halogens is 1. The number of rotatable bonds is 6. The van der Waals surface area contributed by atoms with Crippen LogP contribution in [-0.4, -0.2) is 40.3 Å². The lowest BCUT2D eigenvalue weighted by Gasteiger charge is -2.01. The number of aromatic nitrogens is 3. The Morgan fingerprint density at radius 3 is 3.17 bits per heavy atom. The maximum atomic E-state index is 12.9. The summed E-state index contributed by atoms with van der Waals surface area (Å²) in [4.78, 5) is 14.5. The van der Waals surface area contributed by atoms with E-state index in [0.717, 1.165) is 0 Å². The maximum absolute atomic E-state index is 12.9. The fourth-order valence-electron chi connectivity index (χ4n) is 1.34. The molecule has 8 heteroatoms. The number of nitrogens with one attached hydrogen (secondary N) is 1. The van der Waals surface area contributed by atoms with E-state index in [0.29, 0.717) is 24.7 Å². The van der Waals surface area contributed by atoms with Crippen LogP contribution in [0.4, 0.5) is 10.3 Å². The molecule has 2 heterocycles. The van der Waals surface area contributed by atoms with E-state index in [1.807, 2.05) is 0 Å². The summed E-state index contributed by atoms with van der Waals surface area (Å²) in [6.45, 7) is 0.602. The van der Waals surface area contributed by atoms with Gasteiger partial charge in [-0.3, -0.25) is 4.79 Å². The molecule has 2 aromatic heterocycles. The van der Waals surface area contributed by atoms with E-state index >= 15 is 0 Å². The van der Waals surface area contributed by atoms with E-state index in [-0.39, 0.29) is 12.4 Å². The number of pyridine rings is 1. The van der Waals surface area contributed by atoms with E-state index < -0.39 is 5.91 Å². The van der Waals surface area contributed by atoms with Gasteiger partial charge in [0.05, 0.1) is 12.8 Å². The number of hydrogen-bond donors (Lipinski definition) is 2. The van der Waals surface area contributed by atoms with Crippen molar-refractivity contribution in [1.29, 1.82) is 0 Å². The minimum Gasteiger partial charge on any atom is -0.370 e. The molecule has 2 aromatic rings. The zero-order valence-electron chi connectivity index (χ0n) is 9.47. The van der Waals surface area contributed by atoms with Crippen LogP contribution in [0.15, 0.2) is 18.3 Å². The zero-order valence-corrected chi connectivity index (χ0v) is 9.47. The predicted octanol–water partition coefficient (Wildman–Crippen LogP) is -0.218. The Morgan fingerprint density at radius 2 is 2.39 bits per heavy atom. The maximum Gasteiger partial charge on any atom is 0.243 e. The van der Waals surface area contributed by atoms with Crippen molar-refractivity contribution in [3.05, 3.63) is 24.1 Å². The van der Waals surface area contributed by atoms with Gasteiger partial charge < -0.3 is 15.8 Å². The van der Waals surface area contributed by atoms with E-state index in [1.165, 1.54) is 22.8 Å². The molecule has 0 unspecified atom stereocenters. The van der Waals surface area contributed by atoms with Gasteiger partial charge in [-0.05, 0) is 12.1 Å². The molecule has 3 N–H and O–H groups in total. The summed E-state index contributed by atoms with van der Waals surface area (Å²) in [6.07, 6.45) is 1.23. The first kappa shape index (κ1) is 12.2. The van der Waals surface area contributed by atoms with Crippen molar-refractivity contribution in [3.8, 4) is 0 Å². The Balaban J connectivity index is 1.86. The summed E-state index contributed by atoms with van der Waals surface area (Å²) in [6, 6.07) is 2.83. The minimum absolute atomic E-state index is 0.120. The fourth-order valence-corrected chi connectivity index (χ4v) is 1.34. The Kier molecular flexibility index (Phi) is 3.68. The standard InChI is InChI=1S/C10H12FN5O2/c11-7-1-2-9-14-10(15-16(9)5-7)13-3-4-18-6-8(12)17/h1-2,5H,3-4,6H2,(H2,12,17)(H,13,15). The second kappa shape index (κ2) is 5.41. The highest BCUT2D eigenvalue weighted by Crippen LogP contribution is 2.06. The zero-order chi connectivity index (χ0) is 13.0. The largest absolute Gasteiger partial charge is 0.370 e. The monoisotopic (exact) mass is 253 g/mol. The lowest BCUT2D eigenvalue weighted by molar-refractivity contribution is -0.122. The molecule has 0 radical (unpaired) electrons. The molecule has 18 heavy (non-hydrogen) atoms. The first-order chi connectivity index (χ1) is 8.65. The summed E-state index contributed by atoms with van der Waals surface area (Å²) >= 11 is 0. The summed E-state index contributed by atoms with van der Waals surface area (Å²) < 4.78 is 19.2. The van der Waals surface area contributed by atoms with Gasteiger partial charge in [-0.2, -0.15) is 4.98 Å². The molecule has 2 rings (SSSR count). The molecular formula is C10H12FN5O2. The summed E-state index contributed by atoms with van der Waals surface area (Å²) in [5, 5.41) is 6.90. The Morgan fingerprint density at radius 1 is 1.56 bits per heavy atom. The van der Waals surface area contributed by atoms with Crippen molar-refractivity contribution in [2.45, 2.75) is 0 Å². The van der Waals surface area contributed by atoms with Crippen LogP contribution in [0, 0.1) is 5.82 Å². The molecule has 0 spiro atoms. The number of primary amides is 1. The number of ether oxygens (including phenoxy) is 1. The quantitative estimate of drug-likeness (QED) is 0.694. The first-order valence-electron chi connectivity index (χ1n) is 5.27. The van der Waals surface area contributed by atoms with Crippen LogP contribution in [0.5, 0.6) is 0 Å². The molecule has 0 saturated heterocycles. The van der Waals surface area contributed by atoms with Gasteiger partial charge in [0.1, 0.15) is 12.4 Å². The van der Waals surface area contributed by atoms with Crippen LogP contribution in [0.25, 0.3) is 5.65 Å². The van der Waals surface area contributed by atoms with Crippen LogP contribution < -0.4 is 11.1 Å². The van der Waals surface area contributed by atoms with Crippen LogP contribution >= 0.6 is 0 Å². The van der Waals surface area contributed by atoms with E-state index in [9.17, 15) is 9.18 Å². The number of nitrogens with zero attached hydrogens (tertiary/aromatic N) is 3.